The van der Waals surface area contributed by atoms with Crippen molar-refractivity contribution in [1.29, 1.82) is 0 Å². The number of para-hydroxylation sites is 1. The van der Waals surface area contributed by atoms with E-state index in [4.69, 9.17) is 9.47 Å². The van der Waals surface area contributed by atoms with Gasteiger partial charge in [0.25, 0.3) is 5.91 Å². The lowest BCUT2D eigenvalue weighted by molar-refractivity contribution is -0.166. The molecule has 3 heterocycles. The third kappa shape index (κ3) is 5.18. The molecule has 8 heteroatoms. The Kier molecular flexibility index (Phi) is 8.59. The van der Waals surface area contributed by atoms with E-state index in [9.17, 15) is 9.59 Å². The fourth-order valence-electron chi connectivity index (χ4n) is 6.52. The van der Waals surface area contributed by atoms with Gasteiger partial charge in [0.1, 0.15) is 0 Å². The minimum Gasteiger partial charge on any atom is -0.490 e. The maximum atomic E-state index is 14.3. The number of fused-ring (bicyclic) bond motifs is 5. The Labute approximate surface area is 243 Å². The summed E-state index contributed by atoms with van der Waals surface area (Å²) in [5.41, 5.74) is 2.80. The van der Waals surface area contributed by atoms with Crippen molar-refractivity contribution in [2.75, 3.05) is 52.5 Å². The number of aromatic amines is 1. The van der Waals surface area contributed by atoms with Crippen LogP contribution in [0.4, 0.5) is 0 Å². The van der Waals surface area contributed by atoms with Crippen LogP contribution < -0.4 is 9.47 Å². The van der Waals surface area contributed by atoms with E-state index >= 15 is 0 Å². The molecule has 0 aliphatic carbocycles. The van der Waals surface area contributed by atoms with Crippen molar-refractivity contribution in [2.45, 2.75) is 58.9 Å². The monoisotopic (exact) mass is 560 g/mol. The molecule has 41 heavy (non-hydrogen) atoms. The summed E-state index contributed by atoms with van der Waals surface area (Å²) in [7, 11) is 0. The van der Waals surface area contributed by atoms with Gasteiger partial charge >= 0.3 is 0 Å². The summed E-state index contributed by atoms with van der Waals surface area (Å²) in [6.45, 7) is 15.4. The van der Waals surface area contributed by atoms with E-state index in [1.54, 1.807) is 9.80 Å². The lowest BCUT2D eigenvalue weighted by Crippen LogP contribution is -2.67. The number of piperazine rings is 1. The Bertz CT molecular complexity index is 1400. The summed E-state index contributed by atoms with van der Waals surface area (Å²) in [5.74, 6) is 1.27. The zero-order valence-corrected chi connectivity index (χ0v) is 25.2. The second-order valence-corrected chi connectivity index (χ2v) is 11.2. The van der Waals surface area contributed by atoms with Crippen molar-refractivity contribution in [2.24, 2.45) is 0 Å². The highest BCUT2D eigenvalue weighted by Gasteiger charge is 2.56. The highest BCUT2D eigenvalue weighted by Crippen LogP contribution is 2.49. The number of aromatic nitrogens is 1. The van der Waals surface area contributed by atoms with Crippen molar-refractivity contribution >= 4 is 22.7 Å². The van der Waals surface area contributed by atoms with Crippen molar-refractivity contribution in [3.8, 4) is 11.5 Å². The Balaban J connectivity index is 1.56. The van der Waals surface area contributed by atoms with Gasteiger partial charge in [0.05, 0.1) is 25.5 Å². The first-order valence-corrected chi connectivity index (χ1v) is 15.2. The van der Waals surface area contributed by atoms with E-state index in [1.807, 2.05) is 44.2 Å². The Hall–Kier alpha value is -3.52. The van der Waals surface area contributed by atoms with Crippen molar-refractivity contribution in [3.63, 3.8) is 0 Å². The second kappa shape index (κ2) is 12.1. The minimum atomic E-state index is -1.09. The summed E-state index contributed by atoms with van der Waals surface area (Å²) >= 11 is 0. The third-order valence-electron chi connectivity index (χ3n) is 8.75. The SMILES string of the molecule is CCCOc1ccc(C2CN3C(=O)CN(CCCN(CC)CC)C(=O)[C@]3(C)c3[nH]c4ccccc4c32)cc1OCC. The van der Waals surface area contributed by atoms with Gasteiger partial charge in [-0.2, -0.15) is 0 Å². The van der Waals surface area contributed by atoms with Crippen LogP contribution in [0.15, 0.2) is 42.5 Å². The summed E-state index contributed by atoms with van der Waals surface area (Å²) in [6, 6.07) is 14.3. The van der Waals surface area contributed by atoms with Crippen LogP contribution in [0.3, 0.4) is 0 Å². The molecule has 2 atom stereocenters. The molecule has 0 saturated carbocycles. The van der Waals surface area contributed by atoms with Gasteiger partial charge in [-0.05, 0) is 75.6 Å². The fraction of sp³-hybridized carbons (Fsp3) is 0.515. The van der Waals surface area contributed by atoms with Crippen LogP contribution in [0.25, 0.3) is 10.9 Å². The Morgan fingerprint density at radius 1 is 1.02 bits per heavy atom. The van der Waals surface area contributed by atoms with Gasteiger partial charge in [0.2, 0.25) is 5.91 Å². The van der Waals surface area contributed by atoms with E-state index in [0.29, 0.717) is 32.1 Å². The molecule has 0 bridgehead atoms. The number of carbonyl (C=O) groups excluding carboxylic acids is 2. The Morgan fingerprint density at radius 2 is 1.80 bits per heavy atom. The average Bonchev–Trinajstić information content (AvgIpc) is 3.38. The van der Waals surface area contributed by atoms with E-state index in [2.05, 4.69) is 42.8 Å². The normalized spacial score (nSPS) is 20.5. The topological polar surface area (TPSA) is 78.1 Å². The van der Waals surface area contributed by atoms with Gasteiger partial charge in [-0.15, -0.1) is 0 Å². The lowest BCUT2D eigenvalue weighted by atomic mass is 9.76. The predicted molar refractivity (Wildman–Crippen MR) is 162 cm³/mol. The molecule has 2 aliphatic heterocycles. The summed E-state index contributed by atoms with van der Waals surface area (Å²) in [4.78, 5) is 37.6. The number of hydrogen-bond donors (Lipinski definition) is 1. The molecule has 1 aromatic heterocycles. The molecule has 1 N–H and O–H groups in total. The molecule has 2 aromatic carbocycles. The first kappa shape index (κ1) is 29.0. The molecule has 3 aromatic rings. The zero-order valence-electron chi connectivity index (χ0n) is 25.2. The number of carbonyl (C=O) groups is 2. The maximum absolute atomic E-state index is 14.3. The van der Waals surface area contributed by atoms with Crippen LogP contribution >= 0.6 is 0 Å². The van der Waals surface area contributed by atoms with Gasteiger partial charge < -0.3 is 29.2 Å². The molecule has 5 rings (SSSR count). The molecule has 0 radical (unpaired) electrons. The predicted octanol–water partition coefficient (Wildman–Crippen LogP) is 5.12. The average molecular weight is 561 g/mol. The van der Waals surface area contributed by atoms with Crippen LogP contribution in [0, 0.1) is 0 Å². The highest BCUT2D eigenvalue weighted by molar-refractivity contribution is 6.01. The molecular weight excluding hydrogens is 516 g/mol. The van der Waals surface area contributed by atoms with Gasteiger partial charge in [-0.1, -0.05) is 45.0 Å². The van der Waals surface area contributed by atoms with Gasteiger partial charge in [-0.25, -0.2) is 0 Å². The van der Waals surface area contributed by atoms with Gasteiger partial charge in [-0.3, -0.25) is 9.59 Å². The van der Waals surface area contributed by atoms with Crippen LogP contribution in [0.5, 0.6) is 11.5 Å². The van der Waals surface area contributed by atoms with Crippen molar-refractivity contribution < 1.29 is 19.1 Å². The van der Waals surface area contributed by atoms with Crippen molar-refractivity contribution in [1.82, 2.24) is 19.7 Å². The number of ether oxygens (including phenoxy) is 2. The first-order chi connectivity index (χ1) is 19.9. The molecule has 0 spiro atoms. The van der Waals surface area contributed by atoms with E-state index in [1.165, 1.54) is 0 Å². The molecule has 8 nitrogen and oxygen atoms in total. The minimum absolute atomic E-state index is 0.0128. The van der Waals surface area contributed by atoms with Crippen LogP contribution in [-0.4, -0.2) is 84.0 Å². The summed E-state index contributed by atoms with van der Waals surface area (Å²) in [6.07, 6.45) is 1.75. The molecular formula is C33H44N4O4. The van der Waals surface area contributed by atoms with E-state index in [-0.39, 0.29) is 24.3 Å². The van der Waals surface area contributed by atoms with Crippen LogP contribution in [0.1, 0.15) is 70.2 Å². The number of amides is 2. The van der Waals surface area contributed by atoms with Gasteiger partial charge in [0.15, 0.2) is 17.0 Å². The molecule has 1 saturated heterocycles. The standard InChI is InChI=1S/C33H44N4O4/c1-6-19-41-27-16-15-23(20-28(27)40-9-4)25-21-37-29(38)22-36(18-12-17-35(7-2)8-3)32(39)33(37,5)31-30(25)24-13-10-11-14-26(24)34-31/h10-11,13-16,20,25,34H,6-9,12,17-19,21-22H2,1-5H3/t25?,33-/m0/s1. The fourth-order valence-corrected chi connectivity index (χ4v) is 6.52. The zero-order chi connectivity index (χ0) is 29.1. The number of nitrogens with one attached hydrogen (secondary N) is 1. The van der Waals surface area contributed by atoms with E-state index < -0.39 is 5.54 Å². The number of benzene rings is 2. The first-order valence-electron chi connectivity index (χ1n) is 15.2. The smallest absolute Gasteiger partial charge is 0.254 e. The van der Waals surface area contributed by atoms with Gasteiger partial charge in [0, 0.05) is 29.9 Å². The molecule has 2 aliphatic rings. The number of H-pyrrole nitrogens is 1. The van der Waals surface area contributed by atoms with Crippen LogP contribution in [-0.2, 0) is 15.1 Å². The summed E-state index contributed by atoms with van der Waals surface area (Å²) < 4.78 is 12.0. The number of nitrogens with zero attached hydrogens (tertiary/aromatic N) is 3. The number of rotatable bonds is 12. The molecule has 1 unspecified atom stereocenters. The third-order valence-corrected chi connectivity index (χ3v) is 8.75. The maximum Gasteiger partial charge on any atom is 0.254 e. The van der Waals surface area contributed by atoms with E-state index in [0.717, 1.165) is 65.9 Å². The van der Waals surface area contributed by atoms with Crippen LogP contribution in [0.2, 0.25) is 0 Å². The molecule has 1 fully saturated rings. The second-order valence-electron chi connectivity index (χ2n) is 11.2. The highest BCUT2D eigenvalue weighted by atomic mass is 16.5. The quantitative estimate of drug-likeness (QED) is 0.333. The number of hydrogen-bond acceptors (Lipinski definition) is 5. The molecule has 220 valence electrons. The molecule has 2 amide bonds. The lowest BCUT2D eigenvalue weighted by Gasteiger charge is -2.51. The summed E-state index contributed by atoms with van der Waals surface area (Å²) in [5, 5.41) is 1.08. The Morgan fingerprint density at radius 3 is 2.54 bits per heavy atom. The largest absolute Gasteiger partial charge is 0.490 e. The van der Waals surface area contributed by atoms with Crippen molar-refractivity contribution in [3.05, 3.63) is 59.3 Å².